The Hall–Kier alpha value is -5.58. The number of benzene rings is 3. The predicted molar refractivity (Wildman–Crippen MR) is 203 cm³/mol. The third-order valence-corrected chi connectivity index (χ3v) is 10.7. The first-order chi connectivity index (χ1) is 25.5. The van der Waals surface area contributed by atoms with Gasteiger partial charge in [0.1, 0.15) is 28.8 Å². The van der Waals surface area contributed by atoms with E-state index < -0.39 is 41.0 Å². The van der Waals surface area contributed by atoms with Gasteiger partial charge in [0.15, 0.2) is 5.82 Å². The van der Waals surface area contributed by atoms with Gasteiger partial charge in [-0.15, -0.1) is 0 Å². The van der Waals surface area contributed by atoms with Crippen molar-refractivity contribution in [2.75, 3.05) is 71.3 Å². The summed E-state index contributed by atoms with van der Waals surface area (Å²) < 4.78 is 19.5. The number of carbonyl (C=O) groups is 4. The fourth-order valence-electron chi connectivity index (χ4n) is 6.61. The lowest BCUT2D eigenvalue weighted by Gasteiger charge is -2.37. The first-order valence-corrected chi connectivity index (χ1v) is 18.7. The van der Waals surface area contributed by atoms with Crippen LogP contribution in [-0.2, 0) is 21.0 Å². The topological polar surface area (TPSA) is 175 Å². The maximum Gasteiger partial charge on any atom is 0.262 e. The number of imide groups is 2. The molecule has 2 saturated heterocycles. The molecule has 0 radical (unpaired) electrons. The van der Waals surface area contributed by atoms with E-state index in [0.717, 1.165) is 16.3 Å². The number of nitrogens with one attached hydrogen (secondary N) is 3. The monoisotopic (exact) mass is 757 g/mol. The van der Waals surface area contributed by atoms with Crippen LogP contribution in [0.1, 0.15) is 33.6 Å². The van der Waals surface area contributed by atoms with E-state index in [1.54, 1.807) is 36.9 Å². The van der Waals surface area contributed by atoms with Crippen LogP contribution in [0.15, 0.2) is 66.9 Å². The van der Waals surface area contributed by atoms with Crippen LogP contribution in [0, 0.1) is 0 Å². The Labute approximate surface area is 313 Å². The number of rotatable bonds is 10. The van der Waals surface area contributed by atoms with E-state index >= 15 is 0 Å². The molecular weight excluding hydrogens is 722 g/mol. The number of nitrogens with zero attached hydrogens (tertiary/aromatic N) is 6. The van der Waals surface area contributed by atoms with Gasteiger partial charge in [0.05, 0.1) is 54.2 Å². The number of carbonyl (C=O) groups excluding carboxylic acids is 4. The summed E-state index contributed by atoms with van der Waals surface area (Å²) in [6.07, 6.45) is 3.27. The molecule has 0 spiro atoms. The van der Waals surface area contributed by atoms with Crippen LogP contribution in [0.5, 0.6) is 5.75 Å². The smallest absolute Gasteiger partial charge is 0.262 e. The highest BCUT2D eigenvalue weighted by molar-refractivity contribution is 7.92. The van der Waals surface area contributed by atoms with Crippen LogP contribution < -0.4 is 34.8 Å². The summed E-state index contributed by atoms with van der Waals surface area (Å²) in [5.41, 5.74) is 4.31. The number of methoxy groups -OCH3 is 1. The number of hydrogen-bond donors (Lipinski definition) is 3. The Balaban J connectivity index is 1.01. The zero-order valence-corrected chi connectivity index (χ0v) is 30.7. The van der Waals surface area contributed by atoms with E-state index in [2.05, 4.69) is 35.7 Å². The van der Waals surface area contributed by atoms with E-state index in [1.807, 2.05) is 48.5 Å². The molecule has 0 saturated carbocycles. The number of piperazine rings is 1. The highest BCUT2D eigenvalue weighted by Crippen LogP contribution is 2.36. The summed E-state index contributed by atoms with van der Waals surface area (Å²) in [5, 5.41) is 8.99. The molecule has 7 rings (SSSR count). The largest absolute Gasteiger partial charge is 0.593 e. The molecule has 53 heavy (non-hydrogen) atoms. The molecule has 2 fully saturated rings. The van der Waals surface area contributed by atoms with Gasteiger partial charge in [0.25, 0.3) is 11.8 Å². The van der Waals surface area contributed by atoms with Crippen LogP contribution in [0.3, 0.4) is 0 Å². The number of ether oxygens (including phenoxy) is 1. The molecular formula is C36H36ClN9O6S. The van der Waals surface area contributed by atoms with Crippen molar-refractivity contribution in [3.8, 4) is 5.75 Å². The third-order valence-electron chi connectivity index (χ3n) is 9.49. The Morgan fingerprint density at radius 1 is 0.925 bits per heavy atom. The molecule has 0 bridgehead atoms. The molecule has 1 aromatic heterocycles. The van der Waals surface area contributed by atoms with Crippen LogP contribution in [-0.4, -0.2) is 95.7 Å². The summed E-state index contributed by atoms with van der Waals surface area (Å²) in [5.74, 6) is -0.859. The number of piperidine rings is 1. The Morgan fingerprint density at radius 3 is 2.30 bits per heavy atom. The molecule has 4 aromatic rings. The standard InChI is InChI=1S/C36H36ClN9O6S/c1-43(53(3)51)28-7-5-4-6-26(28)39-32-25(37)20-38-36(42-32)40-27-11-9-22(19-30(27)52-2)45-16-14-44(15-17-45)21-8-10-23-24(18-21)35(50)46(34(23)49)29-12-13-31(47)41-33(29)48/h4-11,18-20,29H,12-17H2,1-3H3,(H,41,47,48)(H2,38,39,40,42). The van der Waals surface area contributed by atoms with Gasteiger partial charge >= 0.3 is 0 Å². The Bertz CT molecular complexity index is 2110. The molecule has 3 N–H and O–H groups in total. The molecule has 3 aromatic carbocycles. The summed E-state index contributed by atoms with van der Waals surface area (Å²) in [6, 6.07) is 17.4. The number of halogens is 1. The van der Waals surface area contributed by atoms with Gasteiger partial charge in [-0.25, -0.2) is 4.98 Å². The van der Waals surface area contributed by atoms with Gasteiger partial charge in [0, 0.05) is 50.0 Å². The maximum absolute atomic E-state index is 13.3. The molecule has 3 aliphatic heterocycles. The molecule has 4 amide bonds. The quantitative estimate of drug-likeness (QED) is 0.156. The molecule has 15 nitrogen and oxygen atoms in total. The Kier molecular flexibility index (Phi) is 10.0. The summed E-state index contributed by atoms with van der Waals surface area (Å²) in [6.45, 7) is 2.67. The predicted octanol–water partition coefficient (Wildman–Crippen LogP) is 4.08. The number of amides is 4. The zero-order chi connectivity index (χ0) is 37.4. The number of hydrogen-bond acceptors (Lipinski definition) is 13. The lowest BCUT2D eigenvalue weighted by atomic mass is 10.0. The maximum atomic E-state index is 13.3. The lowest BCUT2D eigenvalue weighted by Crippen LogP contribution is -2.54. The van der Waals surface area contributed by atoms with Gasteiger partial charge in [0.2, 0.25) is 17.8 Å². The van der Waals surface area contributed by atoms with Crippen molar-refractivity contribution in [1.82, 2.24) is 20.2 Å². The first kappa shape index (κ1) is 35.8. The number of fused-ring (bicyclic) bond motifs is 1. The average Bonchev–Trinajstić information content (AvgIpc) is 3.41. The minimum absolute atomic E-state index is 0.0689. The van der Waals surface area contributed by atoms with Crippen LogP contribution in [0.25, 0.3) is 0 Å². The van der Waals surface area contributed by atoms with Crippen LogP contribution >= 0.6 is 11.6 Å². The molecule has 17 heteroatoms. The fourth-order valence-corrected chi connectivity index (χ4v) is 7.19. The molecule has 0 aliphatic carbocycles. The second-order valence-corrected chi connectivity index (χ2v) is 14.4. The lowest BCUT2D eigenvalue weighted by molar-refractivity contribution is -0.136. The minimum Gasteiger partial charge on any atom is -0.593 e. The number of para-hydroxylation sites is 2. The summed E-state index contributed by atoms with van der Waals surface area (Å²) >= 11 is 5.23. The Morgan fingerprint density at radius 2 is 1.60 bits per heavy atom. The van der Waals surface area contributed by atoms with E-state index in [0.29, 0.717) is 59.8 Å². The second kappa shape index (κ2) is 14.8. The van der Waals surface area contributed by atoms with Crippen molar-refractivity contribution in [2.45, 2.75) is 18.9 Å². The third kappa shape index (κ3) is 7.12. The SMILES string of the molecule is COc1cc(N2CCN(c3ccc4c(c3)C(=O)N(C3CCC(=O)NC3=O)C4=O)CC2)ccc1Nc1ncc(Cl)c(Nc2ccccc2N(C)[S+](C)[O-])n1. The average molecular weight is 758 g/mol. The van der Waals surface area contributed by atoms with E-state index in [9.17, 15) is 23.7 Å². The van der Waals surface area contributed by atoms with Gasteiger partial charge in [-0.2, -0.15) is 9.29 Å². The molecule has 3 aliphatic rings. The van der Waals surface area contributed by atoms with Crippen molar-refractivity contribution in [3.05, 3.63) is 83.0 Å². The van der Waals surface area contributed by atoms with Crippen LogP contribution in [0.2, 0.25) is 5.02 Å². The summed E-state index contributed by atoms with van der Waals surface area (Å²) in [7, 11) is 3.33. The van der Waals surface area contributed by atoms with E-state index in [1.165, 1.54) is 6.20 Å². The minimum atomic E-state index is -1.24. The normalized spacial score (nSPS) is 17.8. The van der Waals surface area contributed by atoms with Crippen molar-refractivity contribution < 1.29 is 28.5 Å². The van der Waals surface area contributed by atoms with Crippen LogP contribution in [0.4, 0.5) is 40.2 Å². The van der Waals surface area contributed by atoms with E-state index in [-0.39, 0.29) is 29.9 Å². The molecule has 4 heterocycles. The van der Waals surface area contributed by atoms with Crippen molar-refractivity contribution in [3.63, 3.8) is 0 Å². The molecule has 2 atom stereocenters. The number of aromatic nitrogens is 2. The number of anilines is 7. The van der Waals surface area contributed by atoms with Crippen molar-refractivity contribution >= 4 is 86.8 Å². The fraction of sp³-hybridized carbons (Fsp3) is 0.278. The first-order valence-electron chi connectivity index (χ1n) is 16.8. The second-order valence-electron chi connectivity index (χ2n) is 12.6. The summed E-state index contributed by atoms with van der Waals surface area (Å²) in [4.78, 5) is 64.8. The highest BCUT2D eigenvalue weighted by atomic mass is 35.5. The molecule has 2 unspecified atom stereocenters. The van der Waals surface area contributed by atoms with Gasteiger partial charge < -0.3 is 29.7 Å². The molecule has 274 valence electrons. The van der Waals surface area contributed by atoms with E-state index in [4.69, 9.17) is 16.3 Å². The van der Waals surface area contributed by atoms with Gasteiger partial charge in [-0.1, -0.05) is 23.7 Å². The van der Waals surface area contributed by atoms with Gasteiger partial charge in [-0.05, 0) is 48.9 Å². The van der Waals surface area contributed by atoms with Crippen molar-refractivity contribution in [1.29, 1.82) is 0 Å². The zero-order valence-electron chi connectivity index (χ0n) is 29.1. The highest BCUT2D eigenvalue weighted by Gasteiger charge is 2.44. The van der Waals surface area contributed by atoms with Crippen molar-refractivity contribution in [2.24, 2.45) is 0 Å². The van der Waals surface area contributed by atoms with Gasteiger partial charge in [-0.3, -0.25) is 29.4 Å².